The number of nitrogens with one attached hydrogen (secondary N) is 3. The number of amides is 2. The fourth-order valence-corrected chi connectivity index (χ4v) is 12.3. The van der Waals surface area contributed by atoms with Gasteiger partial charge < -0.3 is 49.6 Å². The molecule has 0 bridgehead atoms. The van der Waals surface area contributed by atoms with Crippen molar-refractivity contribution < 1.29 is 94.2 Å². The molecule has 1 saturated heterocycles. The summed E-state index contributed by atoms with van der Waals surface area (Å²) >= 11 is 0. The van der Waals surface area contributed by atoms with E-state index < -0.39 is 89.0 Å². The summed E-state index contributed by atoms with van der Waals surface area (Å²) in [6, 6.07) is 9.32. The predicted octanol–water partition coefficient (Wildman–Crippen LogP) is 8.11. The number of aliphatic hydroxyl groups excluding tert-OH is 3. The molecule has 0 aliphatic carbocycles. The van der Waals surface area contributed by atoms with Crippen LogP contribution in [-0.4, -0.2) is 138 Å². The van der Waals surface area contributed by atoms with Crippen LogP contribution in [0.2, 0.25) is 0 Å². The van der Waals surface area contributed by atoms with Gasteiger partial charge in [-0.2, -0.15) is 0 Å². The van der Waals surface area contributed by atoms with E-state index in [9.17, 15) is 46.3 Å². The summed E-state index contributed by atoms with van der Waals surface area (Å²) < 4.78 is 86.3. The molecule has 85 heavy (non-hydrogen) atoms. The molecule has 1 aliphatic heterocycles. The summed E-state index contributed by atoms with van der Waals surface area (Å²) in [5.41, 5.74) is 0.842. The van der Waals surface area contributed by atoms with Crippen molar-refractivity contribution in [1.82, 2.24) is 15.4 Å². The topological polar surface area (TPSA) is 262 Å². The standard InChI is InChI=1S/C64H110N4O14S2.Na/c1-5-7-9-11-13-15-17-19-20-21-22-23-24-25-26-28-30-32-34-36-38-46-59(70)67-54(56(69)44-37-35-33-31-29-27-18-16-14-12-10-8-6-2)49-80-64-62(73)61(72)63(82-84(76,77)78)57(81-64)50-79-51-60(71)65-47-48-66-83(74,75)58-45-40-41-52-53(58)42-39-43-55(52)68(3)4;/h19-20,37,39-45,54,56-57,61-64,66,69,72-73H,5-18,21-36,38,46-51H2,1-4H3,(H,65,71)(H,67,70)(H,76,77,78);/q;+1/p-1/b20-19-,44-37+;/t54-,56+,57+,61+,62+,63-,64-;/m0./s1. The van der Waals surface area contributed by atoms with Gasteiger partial charge in [0.05, 0.1) is 30.3 Å². The van der Waals surface area contributed by atoms with E-state index in [2.05, 4.69) is 45.5 Å². The minimum Gasteiger partial charge on any atom is -0.726 e. The average Bonchev–Trinajstić information content (AvgIpc) is 1.79. The number of carbonyl (C=O) groups is 2. The molecule has 1 aliphatic rings. The van der Waals surface area contributed by atoms with Gasteiger partial charge in [-0.3, -0.25) is 13.8 Å². The van der Waals surface area contributed by atoms with E-state index in [4.69, 9.17) is 14.2 Å². The molecule has 2 aromatic rings. The van der Waals surface area contributed by atoms with Crippen LogP contribution < -0.4 is 49.8 Å². The van der Waals surface area contributed by atoms with Crippen molar-refractivity contribution in [1.29, 1.82) is 0 Å². The number of rotatable bonds is 51. The Labute approximate surface area is 534 Å². The fourth-order valence-electron chi connectivity index (χ4n) is 10.5. The number of fused-ring (bicyclic) bond motifs is 1. The predicted molar refractivity (Wildman–Crippen MR) is 334 cm³/mol. The van der Waals surface area contributed by atoms with Gasteiger partial charge in [-0.1, -0.05) is 217 Å². The summed E-state index contributed by atoms with van der Waals surface area (Å²) in [5, 5.41) is 40.2. The molecule has 482 valence electrons. The van der Waals surface area contributed by atoms with E-state index >= 15 is 0 Å². The van der Waals surface area contributed by atoms with Gasteiger partial charge >= 0.3 is 29.6 Å². The molecule has 3 rings (SSSR count). The van der Waals surface area contributed by atoms with Gasteiger partial charge in [-0.25, -0.2) is 21.6 Å². The van der Waals surface area contributed by atoms with Crippen molar-refractivity contribution >= 4 is 48.7 Å². The van der Waals surface area contributed by atoms with Crippen LogP contribution in [0.3, 0.4) is 0 Å². The number of ether oxygens (including phenoxy) is 3. The molecule has 2 aromatic carbocycles. The summed E-state index contributed by atoms with van der Waals surface area (Å²) in [6.07, 6.45) is 34.7. The van der Waals surface area contributed by atoms with Crippen LogP contribution in [-0.2, 0) is 48.4 Å². The minimum absolute atomic E-state index is 0. The molecule has 6 N–H and O–H groups in total. The Kier molecular flexibility index (Phi) is 43.8. The first-order valence-electron chi connectivity index (χ1n) is 32.1. The maximum Gasteiger partial charge on any atom is 1.00 e. The zero-order valence-corrected chi connectivity index (χ0v) is 56.2. The Morgan fingerprint density at radius 3 is 1.68 bits per heavy atom. The maximum absolute atomic E-state index is 13.4. The third kappa shape index (κ3) is 34.9. The molecule has 0 saturated carbocycles. The molecule has 18 nitrogen and oxygen atoms in total. The van der Waals surface area contributed by atoms with Crippen LogP contribution >= 0.6 is 0 Å². The molecule has 0 unspecified atom stereocenters. The Balaban J connectivity index is 0.0000247. The maximum atomic E-state index is 13.4. The molecule has 7 atom stereocenters. The third-order valence-electron chi connectivity index (χ3n) is 15.4. The first kappa shape index (κ1) is 78.6. The smallest absolute Gasteiger partial charge is 0.726 e. The SMILES string of the molecule is CCCCCCCC/C=C\CCCCCCCCCCCCCC(=O)N[C@@H](CO[C@H]1O[C@H](COCC(=O)NCCNS(=O)(=O)c2cccc3c(N(C)C)cccc23)[C@H](OS(=O)(=O)[O-])[C@H](O)[C@H]1O)[C@H](O)/C=C/CCCCCCCCCCCCC.[Na+]. The Bertz CT molecular complexity index is 2360. The Morgan fingerprint density at radius 2 is 1.15 bits per heavy atom. The van der Waals surface area contributed by atoms with E-state index in [0.29, 0.717) is 11.8 Å². The Hall–Kier alpha value is -2.54. The first-order valence-corrected chi connectivity index (χ1v) is 34.9. The number of nitrogens with zero attached hydrogens (tertiary/aromatic N) is 1. The van der Waals surface area contributed by atoms with Crippen molar-refractivity contribution in [3.63, 3.8) is 0 Å². The van der Waals surface area contributed by atoms with Crippen molar-refractivity contribution in [2.75, 3.05) is 51.9 Å². The molecule has 2 amide bonds. The Morgan fingerprint density at radius 1 is 0.659 bits per heavy atom. The van der Waals surface area contributed by atoms with Gasteiger partial charge in [0.1, 0.15) is 31.0 Å². The van der Waals surface area contributed by atoms with E-state index in [1.54, 1.807) is 24.3 Å². The van der Waals surface area contributed by atoms with Gasteiger partial charge in [-0.05, 0) is 57.1 Å². The van der Waals surface area contributed by atoms with E-state index in [1.807, 2.05) is 37.2 Å². The van der Waals surface area contributed by atoms with Crippen molar-refractivity contribution in [3.8, 4) is 0 Å². The van der Waals surface area contributed by atoms with Crippen LogP contribution in [0, 0.1) is 0 Å². The number of benzene rings is 2. The number of allylic oxidation sites excluding steroid dienone is 3. The van der Waals surface area contributed by atoms with E-state index in [-0.39, 0.29) is 59.9 Å². The number of carbonyl (C=O) groups excluding carboxylic acids is 2. The molecule has 1 heterocycles. The second-order valence-corrected chi connectivity index (χ2v) is 25.7. The normalized spacial score (nSPS) is 18.2. The quantitative estimate of drug-likeness (QED) is 0.0120. The minimum atomic E-state index is -5.46. The number of sulfonamides is 1. The largest absolute Gasteiger partial charge is 1.00 e. The summed E-state index contributed by atoms with van der Waals surface area (Å²) in [6.45, 7) is 2.48. The van der Waals surface area contributed by atoms with Crippen LogP contribution in [0.25, 0.3) is 10.8 Å². The fraction of sp³-hybridized carbons (Fsp3) is 0.750. The van der Waals surface area contributed by atoms with Crippen LogP contribution in [0.4, 0.5) is 5.69 Å². The molecule has 1 fully saturated rings. The van der Waals surface area contributed by atoms with Crippen LogP contribution in [0.15, 0.2) is 65.6 Å². The van der Waals surface area contributed by atoms with Gasteiger partial charge in [-0.15, -0.1) is 0 Å². The molecule has 21 heteroatoms. The molecule has 0 aromatic heterocycles. The van der Waals surface area contributed by atoms with Crippen molar-refractivity contribution in [3.05, 3.63) is 60.7 Å². The average molecular weight is 1250 g/mol. The van der Waals surface area contributed by atoms with Crippen LogP contribution in [0.5, 0.6) is 0 Å². The number of hydrogen-bond acceptors (Lipinski definition) is 15. The molecule has 0 radical (unpaired) electrons. The van der Waals surface area contributed by atoms with Crippen molar-refractivity contribution in [2.45, 2.75) is 267 Å². The van der Waals surface area contributed by atoms with Gasteiger partial charge in [0.2, 0.25) is 32.2 Å². The van der Waals surface area contributed by atoms with Gasteiger partial charge in [0, 0.05) is 50.1 Å². The summed E-state index contributed by atoms with van der Waals surface area (Å²) in [5.74, 6) is -0.999. The molecule has 0 spiro atoms. The van der Waals surface area contributed by atoms with E-state index in [1.165, 1.54) is 147 Å². The zero-order chi connectivity index (χ0) is 61.3. The molecular weight excluding hydrogens is 1140 g/mol. The zero-order valence-electron chi connectivity index (χ0n) is 52.6. The summed E-state index contributed by atoms with van der Waals surface area (Å²) in [4.78, 5) is 28.1. The van der Waals surface area contributed by atoms with Crippen LogP contribution in [0.1, 0.15) is 219 Å². The number of unbranched alkanes of at least 4 members (excludes halogenated alkanes) is 28. The first-order chi connectivity index (χ1) is 40.5. The van der Waals surface area contributed by atoms with Gasteiger partial charge in [0.15, 0.2) is 6.29 Å². The van der Waals surface area contributed by atoms with Gasteiger partial charge in [0.25, 0.3) is 0 Å². The number of anilines is 1. The second kappa shape index (κ2) is 47.4. The second-order valence-electron chi connectivity index (χ2n) is 23.0. The number of hydrogen-bond donors (Lipinski definition) is 6. The third-order valence-corrected chi connectivity index (χ3v) is 17.4. The molecular formula is C64H109N4NaO14S2. The van der Waals surface area contributed by atoms with Crippen molar-refractivity contribution in [2.24, 2.45) is 0 Å². The number of aliphatic hydroxyl groups is 3. The summed E-state index contributed by atoms with van der Waals surface area (Å²) in [7, 11) is -5.74. The van der Waals surface area contributed by atoms with E-state index in [0.717, 1.165) is 62.4 Å². The monoisotopic (exact) mass is 1240 g/mol.